The third-order valence-corrected chi connectivity index (χ3v) is 11.1. The first-order valence-electron chi connectivity index (χ1n) is 18.0. The Morgan fingerprint density at radius 3 is 1.79 bits per heavy atom. The SMILES string of the molecule is CC1(C)c2ccccc2-c2c1ccc1c2c2ccccc2n1-c1cccc2c1oc1c(-c3nc(-c4ccccc4)nc(-c4ccccc4)n3)cccc12. The van der Waals surface area contributed by atoms with Crippen molar-refractivity contribution in [1.29, 1.82) is 0 Å². The Bertz CT molecular complexity index is 3020. The summed E-state index contributed by atoms with van der Waals surface area (Å²) < 4.78 is 9.42. The molecule has 1 aliphatic carbocycles. The molecule has 1 aliphatic rings. The van der Waals surface area contributed by atoms with E-state index in [1.54, 1.807) is 0 Å². The molecule has 5 nitrogen and oxygen atoms in total. The fourth-order valence-electron chi connectivity index (χ4n) is 8.60. The van der Waals surface area contributed by atoms with Gasteiger partial charge in [-0.3, -0.25) is 0 Å². The second kappa shape index (κ2) is 11.1. The predicted octanol–water partition coefficient (Wildman–Crippen LogP) is 12.2. The lowest BCUT2D eigenvalue weighted by molar-refractivity contribution is 0.660. The molecule has 11 rings (SSSR count). The standard InChI is InChI=1S/C48H32N4O/c1-48(2)36-24-11-9-19-33(36)41-37(48)27-28-39-42(41)34-20-10-12-25-38(34)52(39)40-26-14-22-32-31-21-13-23-35(43(31)53-44(32)40)47-50-45(29-15-5-3-6-16-29)49-46(51-47)30-17-7-4-8-18-30/h3-28H,1-2H3. The minimum atomic E-state index is -0.0890. The van der Waals surface area contributed by atoms with Gasteiger partial charge in [0, 0.05) is 38.1 Å². The van der Waals surface area contributed by atoms with Gasteiger partial charge in [0.1, 0.15) is 5.58 Å². The summed E-state index contributed by atoms with van der Waals surface area (Å²) in [6, 6.07) is 55.1. The highest BCUT2D eigenvalue weighted by molar-refractivity contribution is 6.19. The van der Waals surface area contributed by atoms with Crippen molar-refractivity contribution in [3.05, 3.63) is 169 Å². The molecular weight excluding hydrogens is 649 g/mol. The van der Waals surface area contributed by atoms with Gasteiger partial charge >= 0.3 is 0 Å². The van der Waals surface area contributed by atoms with E-state index in [4.69, 9.17) is 19.4 Å². The minimum absolute atomic E-state index is 0.0890. The van der Waals surface area contributed by atoms with E-state index in [-0.39, 0.29) is 5.41 Å². The van der Waals surface area contributed by atoms with Gasteiger partial charge in [0.25, 0.3) is 0 Å². The van der Waals surface area contributed by atoms with Gasteiger partial charge in [0.05, 0.1) is 22.3 Å². The second-order valence-corrected chi connectivity index (χ2v) is 14.4. The van der Waals surface area contributed by atoms with E-state index in [9.17, 15) is 0 Å². The Hall–Kier alpha value is -6.85. The molecule has 3 heterocycles. The van der Waals surface area contributed by atoms with E-state index in [1.165, 1.54) is 33.0 Å². The summed E-state index contributed by atoms with van der Waals surface area (Å²) in [5.41, 5.74) is 12.8. The molecule has 0 unspecified atom stereocenters. The molecule has 0 saturated carbocycles. The van der Waals surface area contributed by atoms with Crippen molar-refractivity contribution >= 4 is 43.7 Å². The zero-order chi connectivity index (χ0) is 35.3. The van der Waals surface area contributed by atoms with Crippen molar-refractivity contribution in [2.75, 3.05) is 0 Å². The van der Waals surface area contributed by atoms with Crippen molar-refractivity contribution in [1.82, 2.24) is 19.5 Å². The van der Waals surface area contributed by atoms with Crippen LogP contribution in [0.5, 0.6) is 0 Å². The molecule has 0 saturated heterocycles. The highest BCUT2D eigenvalue weighted by Crippen LogP contribution is 2.53. The molecule has 0 N–H and O–H groups in total. The lowest BCUT2D eigenvalue weighted by atomic mass is 9.82. The number of aromatic nitrogens is 4. The third-order valence-electron chi connectivity index (χ3n) is 11.1. The van der Waals surface area contributed by atoms with Gasteiger partial charge in [-0.1, -0.05) is 147 Å². The number of furan rings is 1. The summed E-state index contributed by atoms with van der Waals surface area (Å²) in [5.74, 6) is 1.80. The smallest absolute Gasteiger partial charge is 0.167 e. The molecule has 0 radical (unpaired) electrons. The van der Waals surface area contributed by atoms with Crippen LogP contribution in [0.15, 0.2) is 162 Å². The molecule has 250 valence electrons. The molecule has 7 aromatic carbocycles. The lowest BCUT2D eigenvalue weighted by Crippen LogP contribution is -2.14. The van der Waals surface area contributed by atoms with Crippen molar-refractivity contribution < 1.29 is 4.42 Å². The monoisotopic (exact) mass is 680 g/mol. The quantitative estimate of drug-likeness (QED) is 0.186. The van der Waals surface area contributed by atoms with Gasteiger partial charge in [-0.2, -0.15) is 0 Å². The number of benzene rings is 7. The summed E-state index contributed by atoms with van der Waals surface area (Å²) in [6.45, 7) is 4.68. The zero-order valence-electron chi connectivity index (χ0n) is 29.2. The molecule has 5 heteroatoms. The summed E-state index contributed by atoms with van der Waals surface area (Å²) in [5, 5.41) is 4.56. The van der Waals surface area contributed by atoms with E-state index in [0.717, 1.165) is 55.3 Å². The van der Waals surface area contributed by atoms with Gasteiger partial charge in [-0.05, 0) is 46.5 Å². The summed E-state index contributed by atoms with van der Waals surface area (Å²) in [6.07, 6.45) is 0. The van der Waals surface area contributed by atoms with Crippen molar-refractivity contribution in [3.63, 3.8) is 0 Å². The summed E-state index contributed by atoms with van der Waals surface area (Å²) >= 11 is 0. The van der Waals surface area contributed by atoms with Gasteiger partial charge in [-0.15, -0.1) is 0 Å². The first-order chi connectivity index (χ1) is 26.1. The van der Waals surface area contributed by atoms with Crippen molar-refractivity contribution in [3.8, 4) is 51.0 Å². The van der Waals surface area contributed by atoms with Crippen LogP contribution in [-0.2, 0) is 5.41 Å². The molecule has 0 fully saturated rings. The van der Waals surface area contributed by atoms with E-state index >= 15 is 0 Å². The molecule has 0 bridgehead atoms. The maximum atomic E-state index is 7.04. The Morgan fingerprint density at radius 2 is 1.04 bits per heavy atom. The van der Waals surface area contributed by atoms with Gasteiger partial charge in [0.2, 0.25) is 0 Å². The Kier molecular flexibility index (Phi) is 6.23. The summed E-state index contributed by atoms with van der Waals surface area (Å²) in [4.78, 5) is 15.0. The molecule has 0 amide bonds. The van der Waals surface area contributed by atoms with Crippen LogP contribution in [-0.4, -0.2) is 19.5 Å². The highest BCUT2D eigenvalue weighted by Gasteiger charge is 2.37. The fraction of sp³-hybridized carbons (Fsp3) is 0.0625. The lowest BCUT2D eigenvalue weighted by Gasteiger charge is -2.21. The molecular formula is C48H32N4O. The minimum Gasteiger partial charge on any atom is -0.453 e. The van der Waals surface area contributed by atoms with Crippen LogP contribution in [0.4, 0.5) is 0 Å². The largest absolute Gasteiger partial charge is 0.453 e. The average Bonchev–Trinajstić information content (AvgIpc) is 3.84. The molecule has 0 atom stereocenters. The number of hydrogen-bond donors (Lipinski definition) is 0. The third kappa shape index (κ3) is 4.28. The molecule has 53 heavy (non-hydrogen) atoms. The topological polar surface area (TPSA) is 56.7 Å². The number of nitrogens with zero attached hydrogens (tertiary/aromatic N) is 4. The van der Waals surface area contributed by atoms with Gasteiger partial charge in [-0.25, -0.2) is 15.0 Å². The number of hydrogen-bond acceptors (Lipinski definition) is 4. The van der Waals surface area contributed by atoms with E-state index in [0.29, 0.717) is 17.5 Å². The molecule has 0 spiro atoms. The Morgan fingerprint density at radius 1 is 0.453 bits per heavy atom. The normalized spacial score (nSPS) is 13.2. The highest BCUT2D eigenvalue weighted by atomic mass is 16.3. The van der Waals surface area contributed by atoms with Gasteiger partial charge < -0.3 is 8.98 Å². The van der Waals surface area contributed by atoms with E-state index in [2.05, 4.69) is 109 Å². The Labute approximate surface area is 305 Å². The number of rotatable bonds is 4. The maximum Gasteiger partial charge on any atom is 0.167 e. The van der Waals surface area contributed by atoms with Crippen LogP contribution in [0.2, 0.25) is 0 Å². The van der Waals surface area contributed by atoms with Crippen LogP contribution in [0, 0.1) is 0 Å². The second-order valence-electron chi connectivity index (χ2n) is 14.4. The Balaban J connectivity index is 1.17. The first kappa shape index (κ1) is 29.8. The average molecular weight is 681 g/mol. The first-order valence-corrected chi connectivity index (χ1v) is 18.0. The molecule has 0 aliphatic heterocycles. The van der Waals surface area contributed by atoms with E-state index in [1.807, 2.05) is 66.7 Å². The fourth-order valence-corrected chi connectivity index (χ4v) is 8.60. The molecule has 10 aromatic rings. The van der Waals surface area contributed by atoms with Crippen molar-refractivity contribution in [2.45, 2.75) is 19.3 Å². The number of fused-ring (bicyclic) bond motifs is 10. The molecule has 3 aromatic heterocycles. The van der Waals surface area contributed by atoms with Gasteiger partial charge in [0.15, 0.2) is 23.1 Å². The van der Waals surface area contributed by atoms with Crippen LogP contribution in [0.1, 0.15) is 25.0 Å². The van der Waals surface area contributed by atoms with Crippen molar-refractivity contribution in [2.24, 2.45) is 0 Å². The summed E-state index contributed by atoms with van der Waals surface area (Å²) in [7, 11) is 0. The van der Waals surface area contributed by atoms with Crippen LogP contribution < -0.4 is 0 Å². The van der Waals surface area contributed by atoms with E-state index < -0.39 is 0 Å². The zero-order valence-corrected chi connectivity index (χ0v) is 29.2. The van der Waals surface area contributed by atoms with Crippen LogP contribution in [0.3, 0.4) is 0 Å². The van der Waals surface area contributed by atoms with Crippen LogP contribution in [0.25, 0.3) is 94.7 Å². The number of para-hydroxylation sites is 3. The predicted molar refractivity (Wildman–Crippen MR) is 215 cm³/mol. The maximum absolute atomic E-state index is 7.04. The van der Waals surface area contributed by atoms with Crippen LogP contribution >= 0.6 is 0 Å².